The van der Waals surface area contributed by atoms with E-state index in [-0.39, 0.29) is 11.0 Å². The van der Waals surface area contributed by atoms with Crippen molar-refractivity contribution in [3.05, 3.63) is 0 Å². The summed E-state index contributed by atoms with van der Waals surface area (Å²) in [5.74, 6) is 0. The van der Waals surface area contributed by atoms with Crippen molar-refractivity contribution in [3.8, 4) is 0 Å². The fourth-order valence-electron chi connectivity index (χ4n) is 1.72. The molecule has 94 valence electrons. The van der Waals surface area contributed by atoms with Crippen LogP contribution in [0.25, 0.3) is 0 Å². The van der Waals surface area contributed by atoms with E-state index in [1.165, 1.54) is 0 Å². The highest BCUT2D eigenvalue weighted by molar-refractivity contribution is 7.93. The Morgan fingerprint density at radius 2 is 2.38 bits per heavy atom. The van der Waals surface area contributed by atoms with Gasteiger partial charge in [-0.05, 0) is 19.3 Å². The lowest BCUT2D eigenvalue weighted by atomic mass is 10.1. The Hall–Kier alpha value is -0.240. The molecule has 3 N–H and O–H groups in total. The van der Waals surface area contributed by atoms with Crippen LogP contribution in [-0.2, 0) is 14.8 Å². The van der Waals surface area contributed by atoms with E-state index >= 15 is 0 Å². The summed E-state index contributed by atoms with van der Waals surface area (Å²) in [4.78, 5) is 0.0201. The predicted octanol–water partition coefficient (Wildman–Crippen LogP) is 0.150. The van der Waals surface area contributed by atoms with Gasteiger partial charge in [-0.25, -0.2) is 13.1 Å². The molecule has 1 fully saturated rings. The second-order valence-corrected chi connectivity index (χ2v) is 6.24. The maximum Gasteiger partial charge on any atom is 0.221 e. The molecule has 1 heterocycles. The van der Waals surface area contributed by atoms with Crippen LogP contribution < -0.4 is 10.5 Å². The van der Waals surface area contributed by atoms with Gasteiger partial charge in [0.05, 0.1) is 11.6 Å². The zero-order chi connectivity index (χ0) is 12.2. The fourth-order valence-corrected chi connectivity index (χ4v) is 3.83. The van der Waals surface area contributed by atoms with Crippen LogP contribution in [0.5, 0.6) is 0 Å². The van der Waals surface area contributed by atoms with Crippen molar-refractivity contribution in [1.29, 1.82) is 0 Å². The lowest BCUT2D eigenvalue weighted by Crippen LogP contribution is -2.48. The molecule has 0 amide bonds. The first-order chi connectivity index (χ1) is 7.47. The normalized spacial score (nSPS) is 23.9. The topological polar surface area (TPSA) is 81.4 Å². The largest absolute Gasteiger partial charge is 0.392 e. The SMILES string of the molecule is CCC(C(N)=S)S(=O)(=O)NC1CCCOC1. The first kappa shape index (κ1) is 13.8. The van der Waals surface area contributed by atoms with Crippen LogP contribution >= 0.6 is 12.2 Å². The summed E-state index contributed by atoms with van der Waals surface area (Å²) in [6.07, 6.45) is 2.06. The average Bonchev–Trinajstić information content (AvgIpc) is 2.18. The lowest BCUT2D eigenvalue weighted by molar-refractivity contribution is 0.0774. The fraction of sp³-hybridized carbons (Fsp3) is 0.889. The van der Waals surface area contributed by atoms with Crippen LogP contribution in [0, 0.1) is 0 Å². The monoisotopic (exact) mass is 266 g/mol. The minimum atomic E-state index is -3.47. The molecule has 0 aromatic rings. The summed E-state index contributed by atoms with van der Waals surface area (Å²) >= 11 is 4.76. The number of hydrogen-bond donors (Lipinski definition) is 2. The number of nitrogens with one attached hydrogen (secondary N) is 1. The summed E-state index contributed by atoms with van der Waals surface area (Å²) in [7, 11) is -3.47. The quantitative estimate of drug-likeness (QED) is 0.692. The van der Waals surface area contributed by atoms with E-state index < -0.39 is 15.3 Å². The molecular weight excluding hydrogens is 248 g/mol. The Bertz CT molecular complexity index is 337. The van der Waals surface area contributed by atoms with Gasteiger partial charge in [0, 0.05) is 12.6 Å². The Kier molecular flexibility index (Phi) is 5.10. The van der Waals surface area contributed by atoms with Crippen LogP contribution in [0.15, 0.2) is 0 Å². The number of rotatable bonds is 5. The maximum atomic E-state index is 11.9. The molecular formula is C9H18N2O3S2. The highest BCUT2D eigenvalue weighted by atomic mass is 32.2. The van der Waals surface area contributed by atoms with E-state index in [2.05, 4.69) is 4.72 Å². The molecule has 0 radical (unpaired) electrons. The first-order valence-electron chi connectivity index (χ1n) is 5.35. The standard InChI is InChI=1S/C9H18N2O3S2/c1-2-8(9(10)15)16(12,13)11-7-4-3-5-14-6-7/h7-8,11H,2-6H2,1H3,(H2,10,15). The molecule has 1 aliphatic heterocycles. The number of sulfonamides is 1. The van der Waals surface area contributed by atoms with E-state index in [0.29, 0.717) is 19.6 Å². The Labute approximate surface area is 102 Å². The summed E-state index contributed by atoms with van der Waals surface area (Å²) in [6, 6.07) is -0.151. The number of hydrogen-bond acceptors (Lipinski definition) is 4. The Balaban J connectivity index is 2.65. The van der Waals surface area contributed by atoms with Gasteiger partial charge in [-0.2, -0.15) is 0 Å². The molecule has 1 rings (SSSR count). The third-order valence-electron chi connectivity index (χ3n) is 2.55. The van der Waals surface area contributed by atoms with Crippen molar-refractivity contribution >= 4 is 27.2 Å². The number of ether oxygens (including phenoxy) is 1. The minimum Gasteiger partial charge on any atom is -0.392 e. The van der Waals surface area contributed by atoms with Crippen LogP contribution in [0.4, 0.5) is 0 Å². The van der Waals surface area contributed by atoms with Crippen LogP contribution in [0.2, 0.25) is 0 Å². The molecule has 1 saturated heterocycles. The van der Waals surface area contributed by atoms with Gasteiger partial charge in [-0.1, -0.05) is 19.1 Å². The van der Waals surface area contributed by atoms with Gasteiger partial charge in [0.1, 0.15) is 5.25 Å². The van der Waals surface area contributed by atoms with E-state index in [4.69, 9.17) is 22.7 Å². The molecule has 0 aromatic carbocycles. The van der Waals surface area contributed by atoms with Crippen LogP contribution in [0.3, 0.4) is 0 Å². The van der Waals surface area contributed by atoms with Crippen molar-refractivity contribution in [2.45, 2.75) is 37.5 Å². The highest BCUT2D eigenvalue weighted by Crippen LogP contribution is 2.11. The van der Waals surface area contributed by atoms with Crippen molar-refractivity contribution in [2.24, 2.45) is 5.73 Å². The minimum absolute atomic E-state index is 0.0201. The van der Waals surface area contributed by atoms with Crippen LogP contribution in [0.1, 0.15) is 26.2 Å². The van der Waals surface area contributed by atoms with Gasteiger partial charge in [-0.15, -0.1) is 0 Å². The van der Waals surface area contributed by atoms with Crippen molar-refractivity contribution < 1.29 is 13.2 Å². The third kappa shape index (κ3) is 3.65. The molecule has 0 saturated carbocycles. The van der Waals surface area contributed by atoms with Gasteiger partial charge >= 0.3 is 0 Å². The van der Waals surface area contributed by atoms with Crippen LogP contribution in [-0.4, -0.2) is 37.9 Å². The molecule has 0 aromatic heterocycles. The Morgan fingerprint density at radius 1 is 1.69 bits per heavy atom. The summed E-state index contributed by atoms with van der Waals surface area (Å²) < 4.78 is 31.7. The number of nitrogens with two attached hydrogens (primary N) is 1. The zero-order valence-electron chi connectivity index (χ0n) is 9.31. The molecule has 1 aliphatic rings. The Morgan fingerprint density at radius 3 is 2.81 bits per heavy atom. The average molecular weight is 266 g/mol. The van der Waals surface area contributed by atoms with Gasteiger partial charge < -0.3 is 10.5 Å². The molecule has 0 aliphatic carbocycles. The summed E-state index contributed by atoms with van der Waals surface area (Å²) in [5, 5.41) is -0.788. The van der Waals surface area contributed by atoms with E-state index in [0.717, 1.165) is 12.8 Å². The zero-order valence-corrected chi connectivity index (χ0v) is 10.9. The third-order valence-corrected chi connectivity index (χ3v) is 4.99. The second-order valence-electron chi connectivity index (χ2n) is 3.88. The van der Waals surface area contributed by atoms with Crippen molar-refractivity contribution in [2.75, 3.05) is 13.2 Å². The van der Waals surface area contributed by atoms with E-state index in [9.17, 15) is 8.42 Å². The van der Waals surface area contributed by atoms with Gasteiger partial charge in [0.25, 0.3) is 0 Å². The number of thiocarbonyl (C=S) groups is 1. The molecule has 2 unspecified atom stereocenters. The molecule has 0 spiro atoms. The molecule has 7 heteroatoms. The molecule has 2 atom stereocenters. The van der Waals surface area contributed by atoms with E-state index in [1.54, 1.807) is 6.92 Å². The van der Waals surface area contributed by atoms with Crippen molar-refractivity contribution in [1.82, 2.24) is 4.72 Å². The highest BCUT2D eigenvalue weighted by Gasteiger charge is 2.29. The molecule has 16 heavy (non-hydrogen) atoms. The van der Waals surface area contributed by atoms with E-state index in [1.807, 2.05) is 0 Å². The summed E-state index contributed by atoms with van der Waals surface area (Å²) in [6.45, 7) is 2.87. The summed E-state index contributed by atoms with van der Waals surface area (Å²) in [5.41, 5.74) is 5.42. The lowest BCUT2D eigenvalue weighted by Gasteiger charge is -2.25. The second kappa shape index (κ2) is 5.90. The molecule has 5 nitrogen and oxygen atoms in total. The van der Waals surface area contributed by atoms with Gasteiger partial charge in [-0.3, -0.25) is 0 Å². The first-order valence-corrected chi connectivity index (χ1v) is 7.31. The molecule has 0 bridgehead atoms. The van der Waals surface area contributed by atoms with Gasteiger partial charge in [0.15, 0.2) is 0 Å². The predicted molar refractivity (Wildman–Crippen MR) is 66.8 cm³/mol. The smallest absolute Gasteiger partial charge is 0.221 e. The maximum absolute atomic E-state index is 11.9. The van der Waals surface area contributed by atoms with Gasteiger partial charge in [0.2, 0.25) is 10.0 Å². The van der Waals surface area contributed by atoms with Crippen molar-refractivity contribution in [3.63, 3.8) is 0 Å².